The number of hydrogen-bond donors (Lipinski definition) is 0. The Kier molecular flexibility index (Phi) is 5.94. The van der Waals surface area contributed by atoms with Crippen molar-refractivity contribution in [1.29, 1.82) is 0 Å². The van der Waals surface area contributed by atoms with Crippen LogP contribution in [0.15, 0.2) is 42.5 Å². The molecule has 2 heterocycles. The zero-order valence-corrected chi connectivity index (χ0v) is 18.2. The number of carbonyl (C=O) groups is 1. The van der Waals surface area contributed by atoms with Gasteiger partial charge in [0.1, 0.15) is 0 Å². The van der Waals surface area contributed by atoms with Crippen LogP contribution >= 0.6 is 11.3 Å². The van der Waals surface area contributed by atoms with Crippen LogP contribution in [0.3, 0.4) is 0 Å². The van der Waals surface area contributed by atoms with Crippen LogP contribution in [0.5, 0.6) is 0 Å². The summed E-state index contributed by atoms with van der Waals surface area (Å²) >= 11 is 1.61. The first-order chi connectivity index (χ1) is 14.0. The minimum atomic E-state index is 0.117. The highest BCUT2D eigenvalue weighted by molar-refractivity contribution is 7.22. The number of likely N-dealkylation sites (N-methyl/N-ethyl adjacent to an activating group) is 1. The van der Waals surface area contributed by atoms with Gasteiger partial charge in [-0.05, 0) is 43.7 Å². The maximum absolute atomic E-state index is 13.4. The maximum Gasteiger partial charge on any atom is 0.243 e. The molecule has 0 unspecified atom stereocenters. The minimum Gasteiger partial charge on any atom is -0.304 e. The van der Waals surface area contributed by atoms with Crippen molar-refractivity contribution in [3.8, 4) is 0 Å². The number of amides is 1. The van der Waals surface area contributed by atoms with Gasteiger partial charge in [-0.15, -0.1) is 0 Å². The largest absolute Gasteiger partial charge is 0.304 e. The molecule has 6 heteroatoms. The number of piperazine rings is 1. The smallest absolute Gasteiger partial charge is 0.243 e. The lowest BCUT2D eigenvalue weighted by Gasteiger charge is -2.33. The lowest BCUT2D eigenvalue weighted by Crippen LogP contribution is -2.48. The van der Waals surface area contributed by atoms with Crippen LogP contribution in [-0.4, -0.2) is 60.5 Å². The molecular weight excluding hydrogens is 380 g/mol. The lowest BCUT2D eigenvalue weighted by atomic mass is 10.1. The van der Waals surface area contributed by atoms with E-state index in [4.69, 9.17) is 4.98 Å². The second kappa shape index (κ2) is 8.61. The minimum absolute atomic E-state index is 0.117. The number of rotatable bonds is 5. The molecule has 0 atom stereocenters. The van der Waals surface area contributed by atoms with E-state index < -0.39 is 0 Å². The van der Waals surface area contributed by atoms with E-state index in [0.717, 1.165) is 47.1 Å². The molecule has 0 radical (unpaired) electrons. The van der Waals surface area contributed by atoms with Crippen molar-refractivity contribution in [2.45, 2.75) is 20.4 Å². The van der Waals surface area contributed by atoms with E-state index >= 15 is 0 Å². The SMILES string of the molecule is Cc1ccc2sc(N(Cc3ccccc3)C(=O)CN3CCN(C)CC3)nc2c1C. The summed E-state index contributed by atoms with van der Waals surface area (Å²) in [7, 11) is 2.13. The number of nitrogens with zero attached hydrogens (tertiary/aromatic N) is 4. The standard InChI is InChI=1S/C23H28N4OS/c1-17-9-10-20-22(18(17)2)24-23(29-20)27(15-19-7-5-4-6-8-19)21(28)16-26-13-11-25(3)12-14-26/h4-10H,11-16H2,1-3H3. The highest BCUT2D eigenvalue weighted by atomic mass is 32.1. The fourth-order valence-electron chi connectivity index (χ4n) is 3.64. The number of fused-ring (bicyclic) bond motifs is 1. The Bertz CT molecular complexity index is 993. The van der Waals surface area contributed by atoms with Gasteiger partial charge in [0, 0.05) is 26.2 Å². The molecule has 0 N–H and O–H groups in total. The van der Waals surface area contributed by atoms with Gasteiger partial charge in [-0.25, -0.2) is 4.98 Å². The fraction of sp³-hybridized carbons (Fsp3) is 0.391. The van der Waals surface area contributed by atoms with Gasteiger partial charge in [-0.3, -0.25) is 14.6 Å². The molecule has 3 aromatic rings. The first-order valence-electron chi connectivity index (χ1n) is 10.1. The fourth-order valence-corrected chi connectivity index (χ4v) is 4.68. The van der Waals surface area contributed by atoms with Crippen molar-refractivity contribution in [1.82, 2.24) is 14.8 Å². The number of carbonyl (C=O) groups excluding carboxylic acids is 1. The van der Waals surface area contributed by atoms with Crippen LogP contribution in [0.25, 0.3) is 10.2 Å². The van der Waals surface area contributed by atoms with E-state index in [2.05, 4.69) is 55.0 Å². The first kappa shape index (κ1) is 20.0. The quantitative estimate of drug-likeness (QED) is 0.645. The summed E-state index contributed by atoms with van der Waals surface area (Å²) < 4.78 is 1.13. The van der Waals surface area contributed by atoms with E-state index in [0.29, 0.717) is 13.1 Å². The predicted octanol–water partition coefficient (Wildman–Crippen LogP) is 3.69. The Morgan fingerprint density at radius 3 is 2.52 bits per heavy atom. The van der Waals surface area contributed by atoms with Crippen molar-refractivity contribution in [2.24, 2.45) is 0 Å². The molecule has 29 heavy (non-hydrogen) atoms. The molecule has 0 spiro atoms. The van der Waals surface area contributed by atoms with Gasteiger partial charge in [0.15, 0.2) is 5.13 Å². The summed E-state index contributed by atoms with van der Waals surface area (Å²) in [4.78, 5) is 24.7. The van der Waals surface area contributed by atoms with Gasteiger partial charge in [-0.2, -0.15) is 0 Å². The average molecular weight is 409 g/mol. The summed E-state index contributed by atoms with van der Waals surface area (Å²) in [6, 6.07) is 14.4. The third-order valence-electron chi connectivity index (χ3n) is 5.74. The zero-order chi connectivity index (χ0) is 20.4. The molecule has 1 fully saturated rings. The number of anilines is 1. The molecular formula is C23H28N4OS. The van der Waals surface area contributed by atoms with E-state index in [1.807, 2.05) is 23.1 Å². The van der Waals surface area contributed by atoms with Crippen molar-refractivity contribution in [2.75, 3.05) is 44.7 Å². The zero-order valence-electron chi connectivity index (χ0n) is 17.4. The average Bonchev–Trinajstić information content (AvgIpc) is 3.16. The normalized spacial score (nSPS) is 15.7. The summed E-state index contributed by atoms with van der Waals surface area (Å²) in [5, 5.41) is 0.789. The Balaban J connectivity index is 1.63. The van der Waals surface area contributed by atoms with Crippen molar-refractivity contribution < 1.29 is 4.79 Å². The van der Waals surface area contributed by atoms with E-state index in [1.165, 1.54) is 11.1 Å². The van der Waals surface area contributed by atoms with Crippen LogP contribution in [0.4, 0.5) is 5.13 Å². The number of aryl methyl sites for hydroxylation is 2. The molecule has 152 valence electrons. The summed E-state index contributed by atoms with van der Waals surface area (Å²) in [6.45, 7) is 9.07. The summed E-state index contributed by atoms with van der Waals surface area (Å²) in [5.74, 6) is 0.117. The lowest BCUT2D eigenvalue weighted by molar-refractivity contribution is -0.120. The molecule has 2 aromatic carbocycles. The topological polar surface area (TPSA) is 39.7 Å². The summed E-state index contributed by atoms with van der Waals surface area (Å²) in [6.07, 6.45) is 0. The molecule has 4 rings (SSSR count). The van der Waals surface area contributed by atoms with Gasteiger partial charge in [0.05, 0.1) is 23.3 Å². The highest BCUT2D eigenvalue weighted by Crippen LogP contribution is 2.32. The Hall–Kier alpha value is -2.28. The molecule has 1 aliphatic heterocycles. The highest BCUT2D eigenvalue weighted by Gasteiger charge is 2.24. The van der Waals surface area contributed by atoms with Crippen LogP contribution in [-0.2, 0) is 11.3 Å². The van der Waals surface area contributed by atoms with Crippen LogP contribution in [0.2, 0.25) is 0 Å². The monoisotopic (exact) mass is 408 g/mol. The molecule has 0 aliphatic carbocycles. The Labute approximate surface area is 176 Å². The number of hydrogen-bond acceptors (Lipinski definition) is 5. The third kappa shape index (κ3) is 4.50. The Morgan fingerprint density at radius 1 is 1.07 bits per heavy atom. The van der Waals surface area contributed by atoms with Gasteiger partial charge in [0.25, 0.3) is 0 Å². The van der Waals surface area contributed by atoms with Crippen LogP contribution in [0, 0.1) is 13.8 Å². The Morgan fingerprint density at radius 2 is 1.79 bits per heavy atom. The predicted molar refractivity (Wildman–Crippen MR) is 121 cm³/mol. The number of thiazole rings is 1. The van der Waals surface area contributed by atoms with E-state index in [9.17, 15) is 4.79 Å². The number of benzene rings is 2. The van der Waals surface area contributed by atoms with E-state index in [1.54, 1.807) is 11.3 Å². The van der Waals surface area contributed by atoms with Gasteiger partial charge in [-0.1, -0.05) is 47.7 Å². The van der Waals surface area contributed by atoms with Gasteiger partial charge < -0.3 is 4.90 Å². The van der Waals surface area contributed by atoms with Crippen molar-refractivity contribution >= 4 is 32.6 Å². The maximum atomic E-state index is 13.4. The van der Waals surface area contributed by atoms with Crippen molar-refractivity contribution in [3.63, 3.8) is 0 Å². The first-order valence-corrected chi connectivity index (χ1v) is 10.9. The molecule has 0 saturated carbocycles. The number of aromatic nitrogens is 1. The van der Waals surface area contributed by atoms with Gasteiger partial charge in [0.2, 0.25) is 5.91 Å². The molecule has 1 aromatic heterocycles. The molecule has 1 amide bonds. The van der Waals surface area contributed by atoms with Gasteiger partial charge >= 0.3 is 0 Å². The summed E-state index contributed by atoms with van der Waals surface area (Å²) in [5.41, 5.74) is 4.55. The molecule has 0 bridgehead atoms. The van der Waals surface area contributed by atoms with Crippen LogP contribution < -0.4 is 4.90 Å². The van der Waals surface area contributed by atoms with E-state index in [-0.39, 0.29) is 5.91 Å². The third-order valence-corrected chi connectivity index (χ3v) is 6.79. The second-order valence-electron chi connectivity index (χ2n) is 7.90. The molecule has 1 aliphatic rings. The second-order valence-corrected chi connectivity index (χ2v) is 8.90. The molecule has 1 saturated heterocycles. The van der Waals surface area contributed by atoms with Crippen molar-refractivity contribution in [3.05, 3.63) is 59.2 Å². The van der Waals surface area contributed by atoms with Crippen LogP contribution in [0.1, 0.15) is 16.7 Å². The molecule has 5 nitrogen and oxygen atoms in total.